The summed E-state index contributed by atoms with van der Waals surface area (Å²) in [6.45, 7) is 0.983. The molecule has 1 amide bonds. The van der Waals surface area contributed by atoms with Crippen molar-refractivity contribution in [2.75, 3.05) is 11.9 Å². The van der Waals surface area contributed by atoms with E-state index in [4.69, 9.17) is 4.74 Å². The summed E-state index contributed by atoms with van der Waals surface area (Å²) >= 11 is 0. The lowest BCUT2D eigenvalue weighted by Crippen LogP contribution is -2.17. The number of aromatic amines is 1. The number of fused-ring (bicyclic) bond motifs is 1. The summed E-state index contributed by atoms with van der Waals surface area (Å²) in [5.74, 6) is 0.0835. The van der Waals surface area contributed by atoms with E-state index in [9.17, 15) is 18.0 Å². The second kappa shape index (κ2) is 6.64. The number of halogens is 3. The molecule has 0 aliphatic carbocycles. The highest BCUT2D eigenvalue weighted by atomic mass is 19.4. The molecule has 1 aromatic heterocycles. The van der Waals surface area contributed by atoms with Gasteiger partial charge in [-0.2, -0.15) is 18.3 Å². The molecule has 24 heavy (non-hydrogen) atoms. The smallest absolute Gasteiger partial charge is 0.376 e. The van der Waals surface area contributed by atoms with Crippen molar-refractivity contribution in [2.45, 2.75) is 32.0 Å². The van der Waals surface area contributed by atoms with Gasteiger partial charge in [-0.25, -0.2) is 0 Å². The lowest BCUT2D eigenvalue weighted by atomic mass is 10.1. The van der Waals surface area contributed by atoms with E-state index < -0.39 is 12.6 Å². The van der Waals surface area contributed by atoms with Gasteiger partial charge in [-0.15, -0.1) is 0 Å². The van der Waals surface area contributed by atoms with Crippen molar-refractivity contribution in [1.29, 1.82) is 0 Å². The molecule has 0 fully saturated rings. The minimum atomic E-state index is -4.27. The Hall–Kier alpha value is -2.35. The van der Waals surface area contributed by atoms with Crippen LogP contribution in [0.25, 0.3) is 0 Å². The predicted molar refractivity (Wildman–Crippen MR) is 80.5 cm³/mol. The van der Waals surface area contributed by atoms with Crippen LogP contribution in [-0.4, -0.2) is 28.9 Å². The fourth-order valence-corrected chi connectivity index (χ4v) is 2.66. The first-order chi connectivity index (χ1) is 11.4. The Labute approximate surface area is 136 Å². The molecule has 1 aliphatic rings. The van der Waals surface area contributed by atoms with Gasteiger partial charge in [0.15, 0.2) is 5.82 Å². The van der Waals surface area contributed by atoms with Gasteiger partial charge in [0.25, 0.3) is 0 Å². The number of ether oxygens (including phenoxy) is 1. The molecule has 2 heterocycles. The number of hydrogen-bond donors (Lipinski definition) is 2. The average Bonchev–Trinajstić information content (AvgIpc) is 2.89. The van der Waals surface area contributed by atoms with Crippen molar-refractivity contribution in [3.63, 3.8) is 0 Å². The second-order valence-electron chi connectivity index (χ2n) is 5.67. The Kier molecular flexibility index (Phi) is 4.57. The number of nitrogens with one attached hydrogen (secondary N) is 2. The zero-order chi connectivity index (χ0) is 17.2. The van der Waals surface area contributed by atoms with E-state index in [2.05, 4.69) is 15.5 Å². The van der Waals surface area contributed by atoms with Gasteiger partial charge in [0.2, 0.25) is 5.91 Å². The highest BCUT2D eigenvalue weighted by molar-refractivity contribution is 5.92. The highest BCUT2D eigenvalue weighted by Crippen LogP contribution is 2.23. The molecule has 2 N–H and O–H groups in total. The van der Waals surface area contributed by atoms with Crippen LogP contribution in [0.5, 0.6) is 0 Å². The number of carbonyl (C=O) groups excluding carboxylic acids is 1. The van der Waals surface area contributed by atoms with E-state index in [1.54, 1.807) is 6.07 Å². The SMILES string of the molecule is O=C(Cc1cccc(CC(F)(F)F)c1)Nc1n[nH]c2c1COCC2. The highest BCUT2D eigenvalue weighted by Gasteiger charge is 2.27. The van der Waals surface area contributed by atoms with E-state index in [0.29, 0.717) is 31.0 Å². The molecule has 0 radical (unpaired) electrons. The maximum atomic E-state index is 12.4. The number of hydrogen-bond acceptors (Lipinski definition) is 3. The number of nitrogens with zero attached hydrogens (tertiary/aromatic N) is 1. The molecular weight excluding hydrogens is 323 g/mol. The molecular formula is C16H16F3N3O2. The second-order valence-corrected chi connectivity index (χ2v) is 5.67. The Morgan fingerprint density at radius 3 is 2.92 bits per heavy atom. The van der Waals surface area contributed by atoms with Gasteiger partial charge in [-0.1, -0.05) is 24.3 Å². The number of benzene rings is 1. The van der Waals surface area contributed by atoms with Crippen LogP contribution in [0.2, 0.25) is 0 Å². The molecule has 3 rings (SSSR count). The fraction of sp³-hybridized carbons (Fsp3) is 0.375. The number of rotatable bonds is 4. The third-order valence-electron chi connectivity index (χ3n) is 3.71. The molecule has 5 nitrogen and oxygen atoms in total. The quantitative estimate of drug-likeness (QED) is 0.900. The third-order valence-corrected chi connectivity index (χ3v) is 3.71. The van der Waals surface area contributed by atoms with Crippen LogP contribution in [-0.2, 0) is 35.4 Å². The Morgan fingerprint density at radius 2 is 2.12 bits per heavy atom. The van der Waals surface area contributed by atoms with E-state index in [-0.39, 0.29) is 17.9 Å². The third kappa shape index (κ3) is 4.14. The number of H-pyrrole nitrogens is 1. The number of alkyl halides is 3. The summed E-state index contributed by atoms with van der Waals surface area (Å²) in [5.41, 5.74) is 2.41. The molecule has 0 atom stereocenters. The van der Waals surface area contributed by atoms with Crippen LogP contribution in [0.4, 0.5) is 19.0 Å². The number of amides is 1. The molecule has 0 saturated heterocycles. The molecule has 2 aromatic rings. The zero-order valence-electron chi connectivity index (χ0n) is 12.7. The topological polar surface area (TPSA) is 67.0 Å². The van der Waals surface area contributed by atoms with Gasteiger partial charge in [0.05, 0.1) is 26.1 Å². The van der Waals surface area contributed by atoms with E-state index in [1.165, 1.54) is 18.2 Å². The number of carbonyl (C=O) groups is 1. The zero-order valence-corrected chi connectivity index (χ0v) is 12.7. The number of aromatic nitrogens is 2. The van der Waals surface area contributed by atoms with Crippen molar-refractivity contribution < 1.29 is 22.7 Å². The standard InChI is InChI=1S/C16H16F3N3O2/c17-16(18,19)8-11-3-1-2-10(6-11)7-14(23)20-15-12-9-24-5-4-13(12)21-22-15/h1-3,6H,4-5,7-9H2,(H2,20,21,22,23). The molecule has 128 valence electrons. The maximum absolute atomic E-state index is 12.4. The fourth-order valence-electron chi connectivity index (χ4n) is 2.66. The summed E-state index contributed by atoms with van der Waals surface area (Å²) in [4.78, 5) is 12.1. The first kappa shape index (κ1) is 16.5. The normalized spacial score (nSPS) is 14.3. The molecule has 8 heteroatoms. The van der Waals surface area contributed by atoms with Gasteiger partial charge in [-0.05, 0) is 11.1 Å². The van der Waals surface area contributed by atoms with Crippen molar-refractivity contribution in [3.05, 3.63) is 46.6 Å². The van der Waals surface area contributed by atoms with Crippen LogP contribution in [0.3, 0.4) is 0 Å². The Bertz CT molecular complexity index is 740. The van der Waals surface area contributed by atoms with Crippen molar-refractivity contribution in [2.24, 2.45) is 0 Å². The molecule has 0 unspecified atom stereocenters. The average molecular weight is 339 g/mol. The number of anilines is 1. The summed E-state index contributed by atoms with van der Waals surface area (Å²) in [6, 6.07) is 5.95. The predicted octanol–water partition coefficient (Wildman–Crippen LogP) is 2.77. The summed E-state index contributed by atoms with van der Waals surface area (Å²) in [5, 5.41) is 9.60. The van der Waals surface area contributed by atoms with Crippen LogP contribution in [0.15, 0.2) is 24.3 Å². The Balaban J connectivity index is 1.65. The first-order valence-corrected chi connectivity index (χ1v) is 7.49. The van der Waals surface area contributed by atoms with Gasteiger partial charge in [0, 0.05) is 17.7 Å². The monoisotopic (exact) mass is 339 g/mol. The van der Waals surface area contributed by atoms with E-state index >= 15 is 0 Å². The largest absolute Gasteiger partial charge is 0.393 e. The van der Waals surface area contributed by atoms with Crippen LogP contribution in [0, 0.1) is 0 Å². The Morgan fingerprint density at radius 1 is 1.33 bits per heavy atom. The molecule has 0 bridgehead atoms. The minimum absolute atomic E-state index is 0.0197. The van der Waals surface area contributed by atoms with Gasteiger partial charge < -0.3 is 10.1 Å². The van der Waals surface area contributed by atoms with E-state index in [1.807, 2.05) is 0 Å². The van der Waals surface area contributed by atoms with Crippen LogP contribution < -0.4 is 5.32 Å². The minimum Gasteiger partial charge on any atom is -0.376 e. The van der Waals surface area contributed by atoms with Crippen LogP contribution in [0.1, 0.15) is 22.4 Å². The van der Waals surface area contributed by atoms with Crippen LogP contribution >= 0.6 is 0 Å². The molecule has 0 spiro atoms. The van der Waals surface area contributed by atoms with Gasteiger partial charge in [-0.3, -0.25) is 9.89 Å². The molecule has 1 aliphatic heterocycles. The lowest BCUT2D eigenvalue weighted by Gasteiger charge is -2.12. The lowest BCUT2D eigenvalue weighted by molar-refractivity contribution is -0.127. The summed E-state index contributed by atoms with van der Waals surface area (Å²) in [7, 11) is 0. The van der Waals surface area contributed by atoms with Crippen molar-refractivity contribution >= 4 is 11.7 Å². The molecule has 0 saturated carbocycles. The van der Waals surface area contributed by atoms with Crippen molar-refractivity contribution in [3.8, 4) is 0 Å². The van der Waals surface area contributed by atoms with E-state index in [0.717, 1.165) is 11.3 Å². The van der Waals surface area contributed by atoms with Crippen molar-refractivity contribution in [1.82, 2.24) is 10.2 Å². The maximum Gasteiger partial charge on any atom is 0.393 e. The first-order valence-electron chi connectivity index (χ1n) is 7.49. The summed E-state index contributed by atoms with van der Waals surface area (Å²) < 4.78 is 42.7. The molecule has 1 aromatic carbocycles. The van der Waals surface area contributed by atoms with Gasteiger partial charge >= 0.3 is 6.18 Å². The van der Waals surface area contributed by atoms with Gasteiger partial charge in [0.1, 0.15) is 0 Å². The summed E-state index contributed by atoms with van der Waals surface area (Å²) in [6.07, 6.45) is -4.59.